The highest BCUT2D eigenvalue weighted by molar-refractivity contribution is 5.96. The Labute approximate surface area is 158 Å². The number of nitrogens with zero attached hydrogens (tertiary/aromatic N) is 1. The van der Waals surface area contributed by atoms with Crippen molar-refractivity contribution in [3.63, 3.8) is 0 Å². The third kappa shape index (κ3) is 6.10. The van der Waals surface area contributed by atoms with Crippen molar-refractivity contribution < 1.29 is 4.79 Å². The molecule has 0 bridgehead atoms. The standard InChI is InChI=1S/C24H31NO/c26-24(23-14-5-2-6-15-23)20-22-13-9-18-25(19-16-22)17-8-7-12-21-10-3-1-4-11-21/h1-6,10-11,14-15,22H,7-9,12-13,16-20H2. The minimum Gasteiger partial charge on any atom is -0.303 e. The maximum Gasteiger partial charge on any atom is 0.163 e. The van der Waals surface area contributed by atoms with Crippen molar-refractivity contribution in [2.24, 2.45) is 5.92 Å². The molecule has 1 atom stereocenters. The van der Waals surface area contributed by atoms with Crippen LogP contribution in [0.3, 0.4) is 0 Å². The largest absolute Gasteiger partial charge is 0.303 e. The Kier molecular flexibility index (Phi) is 7.45. The van der Waals surface area contributed by atoms with Crippen LogP contribution in [0.15, 0.2) is 60.7 Å². The van der Waals surface area contributed by atoms with Gasteiger partial charge in [0.05, 0.1) is 0 Å². The van der Waals surface area contributed by atoms with Gasteiger partial charge in [-0.15, -0.1) is 0 Å². The van der Waals surface area contributed by atoms with Crippen LogP contribution in [0.2, 0.25) is 0 Å². The number of hydrogen-bond acceptors (Lipinski definition) is 2. The van der Waals surface area contributed by atoms with Crippen molar-refractivity contribution in [1.82, 2.24) is 4.90 Å². The fourth-order valence-electron chi connectivity index (χ4n) is 3.97. The van der Waals surface area contributed by atoms with Crippen LogP contribution in [-0.4, -0.2) is 30.3 Å². The number of aryl methyl sites for hydroxylation is 1. The molecule has 3 rings (SSSR count). The minimum absolute atomic E-state index is 0.312. The number of unbranched alkanes of at least 4 members (excludes halogenated alkanes) is 1. The number of carbonyl (C=O) groups is 1. The van der Waals surface area contributed by atoms with Crippen molar-refractivity contribution in [2.45, 2.75) is 44.9 Å². The van der Waals surface area contributed by atoms with E-state index < -0.39 is 0 Å². The number of carbonyl (C=O) groups excluding carboxylic acids is 1. The SMILES string of the molecule is O=C(CC1CCCN(CCCCc2ccccc2)CC1)c1ccccc1. The Balaban J connectivity index is 1.36. The maximum absolute atomic E-state index is 12.4. The highest BCUT2D eigenvalue weighted by Gasteiger charge is 2.19. The Morgan fingerprint density at radius 1 is 0.885 bits per heavy atom. The zero-order valence-corrected chi connectivity index (χ0v) is 15.8. The Bertz CT molecular complexity index is 652. The number of hydrogen-bond donors (Lipinski definition) is 0. The lowest BCUT2D eigenvalue weighted by Gasteiger charge is -2.20. The summed E-state index contributed by atoms with van der Waals surface area (Å²) in [7, 11) is 0. The van der Waals surface area contributed by atoms with Gasteiger partial charge in [0.15, 0.2) is 5.78 Å². The van der Waals surface area contributed by atoms with Crippen LogP contribution in [0.1, 0.15) is 54.4 Å². The fourth-order valence-corrected chi connectivity index (χ4v) is 3.97. The summed E-state index contributed by atoms with van der Waals surface area (Å²) in [6.45, 7) is 3.55. The summed E-state index contributed by atoms with van der Waals surface area (Å²) in [6.07, 6.45) is 8.01. The fraction of sp³-hybridized carbons (Fsp3) is 0.458. The molecule has 138 valence electrons. The molecule has 1 fully saturated rings. The molecule has 1 heterocycles. The van der Waals surface area contributed by atoms with E-state index in [2.05, 4.69) is 35.2 Å². The summed E-state index contributed by atoms with van der Waals surface area (Å²) in [6, 6.07) is 20.5. The zero-order valence-electron chi connectivity index (χ0n) is 15.8. The maximum atomic E-state index is 12.4. The first kappa shape index (κ1) is 18.8. The van der Waals surface area contributed by atoms with Crippen LogP contribution in [0.25, 0.3) is 0 Å². The second kappa shape index (κ2) is 10.3. The van der Waals surface area contributed by atoms with E-state index in [1.807, 2.05) is 30.3 Å². The molecule has 0 aromatic heterocycles. The molecule has 1 aliphatic heterocycles. The lowest BCUT2D eigenvalue weighted by molar-refractivity contribution is 0.0957. The van der Waals surface area contributed by atoms with E-state index in [9.17, 15) is 4.79 Å². The lowest BCUT2D eigenvalue weighted by Crippen LogP contribution is -2.26. The van der Waals surface area contributed by atoms with Gasteiger partial charge in [0, 0.05) is 12.0 Å². The molecule has 2 aromatic rings. The molecule has 2 nitrogen and oxygen atoms in total. The van der Waals surface area contributed by atoms with Gasteiger partial charge in [-0.1, -0.05) is 60.7 Å². The van der Waals surface area contributed by atoms with Crippen LogP contribution in [-0.2, 0) is 6.42 Å². The van der Waals surface area contributed by atoms with Crippen LogP contribution in [0, 0.1) is 5.92 Å². The topological polar surface area (TPSA) is 20.3 Å². The molecule has 2 heteroatoms. The summed E-state index contributed by atoms with van der Waals surface area (Å²) in [5.74, 6) is 0.865. The molecule has 0 aliphatic carbocycles. The first-order valence-corrected chi connectivity index (χ1v) is 10.2. The smallest absolute Gasteiger partial charge is 0.163 e. The second-order valence-electron chi connectivity index (χ2n) is 7.57. The number of ketones is 1. The molecule has 0 radical (unpaired) electrons. The van der Waals surface area contributed by atoms with Crippen LogP contribution in [0.5, 0.6) is 0 Å². The van der Waals surface area contributed by atoms with E-state index in [0.29, 0.717) is 18.1 Å². The Hall–Kier alpha value is -1.93. The van der Waals surface area contributed by atoms with Gasteiger partial charge >= 0.3 is 0 Å². The van der Waals surface area contributed by atoms with Gasteiger partial charge in [0.25, 0.3) is 0 Å². The minimum atomic E-state index is 0.312. The van der Waals surface area contributed by atoms with E-state index in [0.717, 1.165) is 18.5 Å². The summed E-state index contributed by atoms with van der Waals surface area (Å²) < 4.78 is 0. The summed E-state index contributed by atoms with van der Waals surface area (Å²) in [5.41, 5.74) is 2.32. The predicted molar refractivity (Wildman–Crippen MR) is 109 cm³/mol. The van der Waals surface area contributed by atoms with Gasteiger partial charge in [-0.2, -0.15) is 0 Å². The highest BCUT2D eigenvalue weighted by Crippen LogP contribution is 2.23. The summed E-state index contributed by atoms with van der Waals surface area (Å²) in [5, 5.41) is 0. The van der Waals surface area contributed by atoms with Crippen molar-refractivity contribution in [2.75, 3.05) is 19.6 Å². The van der Waals surface area contributed by atoms with E-state index in [1.165, 1.54) is 50.8 Å². The van der Waals surface area contributed by atoms with E-state index >= 15 is 0 Å². The average molecular weight is 350 g/mol. The second-order valence-corrected chi connectivity index (χ2v) is 7.57. The Morgan fingerprint density at radius 3 is 2.38 bits per heavy atom. The quantitative estimate of drug-likeness (QED) is 0.471. The lowest BCUT2D eigenvalue weighted by atomic mass is 9.92. The first-order valence-electron chi connectivity index (χ1n) is 10.2. The molecule has 1 aliphatic rings. The number of benzene rings is 2. The van der Waals surface area contributed by atoms with E-state index in [1.54, 1.807) is 0 Å². The monoisotopic (exact) mass is 349 g/mol. The number of likely N-dealkylation sites (tertiary alicyclic amines) is 1. The zero-order chi connectivity index (χ0) is 18.0. The van der Waals surface area contributed by atoms with Crippen molar-refractivity contribution >= 4 is 5.78 Å². The van der Waals surface area contributed by atoms with Gasteiger partial charge in [-0.25, -0.2) is 0 Å². The normalized spacial score (nSPS) is 18.4. The van der Waals surface area contributed by atoms with Gasteiger partial charge in [-0.05, 0) is 69.6 Å². The predicted octanol–water partition coefficient (Wildman–Crippen LogP) is 5.38. The van der Waals surface area contributed by atoms with Crippen molar-refractivity contribution in [1.29, 1.82) is 0 Å². The molecular weight excluding hydrogens is 318 g/mol. The van der Waals surface area contributed by atoms with Crippen LogP contribution < -0.4 is 0 Å². The first-order chi connectivity index (χ1) is 12.8. The molecule has 0 N–H and O–H groups in total. The molecule has 1 saturated heterocycles. The van der Waals surface area contributed by atoms with Crippen molar-refractivity contribution in [3.8, 4) is 0 Å². The Morgan fingerprint density at radius 2 is 1.62 bits per heavy atom. The van der Waals surface area contributed by atoms with Crippen LogP contribution >= 0.6 is 0 Å². The summed E-state index contributed by atoms with van der Waals surface area (Å²) >= 11 is 0. The van der Waals surface area contributed by atoms with Gasteiger partial charge in [0.2, 0.25) is 0 Å². The van der Waals surface area contributed by atoms with Gasteiger partial charge in [-0.3, -0.25) is 4.79 Å². The van der Waals surface area contributed by atoms with Gasteiger partial charge < -0.3 is 4.90 Å². The average Bonchev–Trinajstić information content (AvgIpc) is 2.92. The third-order valence-electron chi connectivity index (χ3n) is 5.54. The molecule has 26 heavy (non-hydrogen) atoms. The van der Waals surface area contributed by atoms with Crippen molar-refractivity contribution in [3.05, 3.63) is 71.8 Å². The molecule has 0 saturated carbocycles. The van der Waals surface area contributed by atoms with Gasteiger partial charge in [0.1, 0.15) is 0 Å². The molecular formula is C24H31NO. The molecule has 0 spiro atoms. The molecule has 1 unspecified atom stereocenters. The highest BCUT2D eigenvalue weighted by atomic mass is 16.1. The third-order valence-corrected chi connectivity index (χ3v) is 5.54. The van der Waals surface area contributed by atoms with E-state index in [-0.39, 0.29) is 0 Å². The number of rotatable bonds is 8. The molecule has 2 aromatic carbocycles. The molecule has 0 amide bonds. The number of Topliss-reactive ketones (excluding diaryl/α,β-unsaturated/α-hetero) is 1. The van der Waals surface area contributed by atoms with Crippen LogP contribution in [0.4, 0.5) is 0 Å². The summed E-state index contributed by atoms with van der Waals surface area (Å²) in [4.78, 5) is 15.0. The van der Waals surface area contributed by atoms with E-state index in [4.69, 9.17) is 0 Å².